The minimum Gasteiger partial charge on any atom is -0.491 e. The van der Waals surface area contributed by atoms with E-state index in [4.69, 9.17) is 25.8 Å². The molecule has 0 aromatic heterocycles. The molecule has 1 fully saturated rings. The Labute approximate surface area is 242 Å². The highest BCUT2D eigenvalue weighted by molar-refractivity contribution is 8.18. The standard InChI is InChI=1S/C30H29ClN2O6S/c1-4-37-26-15-21(10-11-24(26)39-18-28(34)32-23-7-5-6-22(31)17-23)16-27-29(35)33(30(36)40-27)12-13-38-25-14-19(2)8-9-20(25)3/h5-11,14-17H,4,12-13,18H2,1-3H3,(H,32,34)/b27-16-. The van der Waals surface area contributed by atoms with Crippen LogP contribution >= 0.6 is 23.4 Å². The second-order valence-electron chi connectivity index (χ2n) is 8.94. The highest BCUT2D eigenvalue weighted by atomic mass is 35.5. The summed E-state index contributed by atoms with van der Waals surface area (Å²) >= 11 is 6.84. The lowest BCUT2D eigenvalue weighted by molar-refractivity contribution is -0.123. The van der Waals surface area contributed by atoms with Gasteiger partial charge in [-0.3, -0.25) is 19.3 Å². The summed E-state index contributed by atoms with van der Waals surface area (Å²) in [6.07, 6.45) is 1.63. The third kappa shape index (κ3) is 7.58. The quantitative estimate of drug-likeness (QED) is 0.259. The molecule has 0 spiro atoms. The van der Waals surface area contributed by atoms with E-state index in [2.05, 4.69) is 5.32 Å². The van der Waals surface area contributed by atoms with Crippen LogP contribution in [0.1, 0.15) is 23.6 Å². The molecule has 0 aliphatic carbocycles. The summed E-state index contributed by atoms with van der Waals surface area (Å²) in [6, 6.07) is 17.8. The van der Waals surface area contributed by atoms with E-state index in [1.807, 2.05) is 39.0 Å². The van der Waals surface area contributed by atoms with Crippen LogP contribution in [0.15, 0.2) is 65.6 Å². The highest BCUT2D eigenvalue weighted by Crippen LogP contribution is 2.35. The molecule has 208 valence electrons. The van der Waals surface area contributed by atoms with Crippen LogP contribution < -0.4 is 19.5 Å². The highest BCUT2D eigenvalue weighted by Gasteiger charge is 2.34. The van der Waals surface area contributed by atoms with E-state index in [0.29, 0.717) is 39.3 Å². The monoisotopic (exact) mass is 580 g/mol. The molecule has 1 saturated heterocycles. The number of halogens is 1. The van der Waals surface area contributed by atoms with Gasteiger partial charge in [0.2, 0.25) is 0 Å². The van der Waals surface area contributed by atoms with Gasteiger partial charge in [-0.1, -0.05) is 35.9 Å². The second kappa shape index (κ2) is 13.4. The number of carbonyl (C=O) groups excluding carboxylic acids is 3. The fourth-order valence-corrected chi connectivity index (χ4v) is 4.92. The van der Waals surface area contributed by atoms with Crippen molar-refractivity contribution >= 4 is 52.2 Å². The van der Waals surface area contributed by atoms with Crippen molar-refractivity contribution in [1.29, 1.82) is 0 Å². The Morgan fingerprint density at radius 3 is 2.58 bits per heavy atom. The molecule has 3 amide bonds. The molecule has 1 N–H and O–H groups in total. The first-order valence-corrected chi connectivity index (χ1v) is 13.8. The smallest absolute Gasteiger partial charge is 0.293 e. The van der Waals surface area contributed by atoms with Crippen molar-refractivity contribution in [2.45, 2.75) is 20.8 Å². The average molecular weight is 581 g/mol. The SMILES string of the molecule is CCOc1cc(/C=C2\SC(=O)N(CCOc3cc(C)ccc3C)C2=O)ccc1OCC(=O)Nc1cccc(Cl)c1. The summed E-state index contributed by atoms with van der Waals surface area (Å²) < 4.78 is 17.2. The van der Waals surface area contributed by atoms with E-state index in [0.717, 1.165) is 28.6 Å². The van der Waals surface area contributed by atoms with Gasteiger partial charge in [0.25, 0.3) is 17.1 Å². The van der Waals surface area contributed by atoms with Crippen molar-refractivity contribution in [1.82, 2.24) is 4.90 Å². The van der Waals surface area contributed by atoms with Crippen LogP contribution in [0.25, 0.3) is 6.08 Å². The second-order valence-corrected chi connectivity index (χ2v) is 10.4. The molecular formula is C30H29ClN2O6S. The fourth-order valence-electron chi connectivity index (χ4n) is 3.86. The molecule has 1 aliphatic rings. The van der Waals surface area contributed by atoms with Gasteiger partial charge in [0, 0.05) is 10.7 Å². The molecule has 3 aromatic carbocycles. The van der Waals surface area contributed by atoms with Crippen LogP contribution in [0.2, 0.25) is 5.02 Å². The maximum absolute atomic E-state index is 13.0. The van der Waals surface area contributed by atoms with Crippen LogP contribution in [-0.4, -0.2) is 48.3 Å². The Kier molecular flexibility index (Phi) is 9.74. The van der Waals surface area contributed by atoms with Crippen molar-refractivity contribution in [3.63, 3.8) is 0 Å². The van der Waals surface area contributed by atoms with Crippen molar-refractivity contribution in [3.8, 4) is 17.2 Å². The lowest BCUT2D eigenvalue weighted by atomic mass is 10.1. The number of ether oxygens (including phenoxy) is 3. The Morgan fingerprint density at radius 1 is 0.975 bits per heavy atom. The number of anilines is 1. The number of imide groups is 1. The number of nitrogens with one attached hydrogen (secondary N) is 1. The predicted octanol–water partition coefficient (Wildman–Crippen LogP) is 6.49. The van der Waals surface area contributed by atoms with Crippen LogP contribution in [0.3, 0.4) is 0 Å². The molecule has 10 heteroatoms. The first-order valence-electron chi connectivity index (χ1n) is 12.6. The number of nitrogens with zero attached hydrogens (tertiary/aromatic N) is 1. The van der Waals surface area contributed by atoms with Crippen molar-refractivity contribution in [2.24, 2.45) is 0 Å². The first kappa shape index (κ1) is 29.0. The molecule has 8 nitrogen and oxygen atoms in total. The molecule has 0 bridgehead atoms. The first-order chi connectivity index (χ1) is 19.2. The molecule has 0 unspecified atom stereocenters. The number of hydrogen-bond acceptors (Lipinski definition) is 7. The molecule has 1 aliphatic heterocycles. The Morgan fingerprint density at radius 2 is 1.80 bits per heavy atom. The third-order valence-electron chi connectivity index (χ3n) is 5.82. The van der Waals surface area contributed by atoms with Crippen LogP contribution in [0.4, 0.5) is 10.5 Å². The Balaban J connectivity index is 1.38. The van der Waals surface area contributed by atoms with E-state index < -0.39 is 0 Å². The van der Waals surface area contributed by atoms with Gasteiger partial charge in [-0.05, 0) is 91.7 Å². The van der Waals surface area contributed by atoms with E-state index in [9.17, 15) is 14.4 Å². The van der Waals surface area contributed by atoms with Crippen molar-refractivity contribution < 1.29 is 28.6 Å². The topological polar surface area (TPSA) is 94.2 Å². The number of hydrogen-bond donors (Lipinski definition) is 1. The van der Waals surface area contributed by atoms with Crippen molar-refractivity contribution in [2.75, 3.05) is 31.7 Å². The summed E-state index contributed by atoms with van der Waals surface area (Å²) in [5.74, 6) is 0.777. The summed E-state index contributed by atoms with van der Waals surface area (Å²) in [6.45, 7) is 6.21. The molecule has 4 rings (SSSR count). The number of thioether (sulfide) groups is 1. The van der Waals surface area contributed by atoms with Gasteiger partial charge < -0.3 is 19.5 Å². The third-order valence-corrected chi connectivity index (χ3v) is 6.96. The minimum absolute atomic E-state index is 0.142. The van der Waals surface area contributed by atoms with Gasteiger partial charge in [0.15, 0.2) is 18.1 Å². The zero-order chi connectivity index (χ0) is 28.6. The maximum atomic E-state index is 13.0. The molecule has 0 atom stereocenters. The van der Waals surface area contributed by atoms with Gasteiger partial charge in [0.05, 0.1) is 18.1 Å². The lowest BCUT2D eigenvalue weighted by Crippen LogP contribution is -2.32. The van der Waals surface area contributed by atoms with Crippen molar-refractivity contribution in [3.05, 3.63) is 87.3 Å². The number of amides is 3. The Hall–Kier alpha value is -3.95. The summed E-state index contributed by atoms with van der Waals surface area (Å²) in [5.41, 5.74) is 3.26. The van der Waals surface area contributed by atoms with Gasteiger partial charge in [-0.25, -0.2) is 0 Å². The Bertz CT molecular complexity index is 1460. The van der Waals surface area contributed by atoms with Gasteiger partial charge in [0.1, 0.15) is 12.4 Å². The van der Waals surface area contributed by atoms with E-state index in [1.54, 1.807) is 48.5 Å². The minimum atomic E-state index is -0.379. The van der Waals surface area contributed by atoms with Crippen LogP contribution in [0, 0.1) is 13.8 Å². The number of rotatable bonds is 11. The normalized spacial score (nSPS) is 14.0. The molecule has 0 radical (unpaired) electrons. The molecule has 1 heterocycles. The maximum Gasteiger partial charge on any atom is 0.293 e. The van der Waals surface area contributed by atoms with E-state index >= 15 is 0 Å². The summed E-state index contributed by atoms with van der Waals surface area (Å²) in [7, 11) is 0. The zero-order valence-electron chi connectivity index (χ0n) is 22.4. The van der Waals surface area contributed by atoms with Gasteiger partial charge in [-0.2, -0.15) is 0 Å². The van der Waals surface area contributed by atoms with Gasteiger partial charge >= 0.3 is 0 Å². The summed E-state index contributed by atoms with van der Waals surface area (Å²) in [4.78, 5) is 39.3. The molecule has 40 heavy (non-hydrogen) atoms. The van der Waals surface area contributed by atoms with E-state index in [-0.39, 0.29) is 36.8 Å². The largest absolute Gasteiger partial charge is 0.491 e. The number of carbonyl (C=O) groups is 3. The lowest BCUT2D eigenvalue weighted by Gasteiger charge is -2.15. The van der Waals surface area contributed by atoms with Crippen LogP contribution in [-0.2, 0) is 9.59 Å². The number of aryl methyl sites for hydroxylation is 2. The predicted molar refractivity (Wildman–Crippen MR) is 157 cm³/mol. The van der Waals surface area contributed by atoms with Gasteiger partial charge in [-0.15, -0.1) is 0 Å². The average Bonchev–Trinajstić information content (AvgIpc) is 3.17. The fraction of sp³-hybridized carbons (Fsp3) is 0.233. The molecule has 3 aromatic rings. The molecule has 0 saturated carbocycles. The number of benzene rings is 3. The summed E-state index contributed by atoms with van der Waals surface area (Å²) in [5, 5.41) is 2.88. The molecular weight excluding hydrogens is 552 g/mol. The zero-order valence-corrected chi connectivity index (χ0v) is 23.9. The van der Waals surface area contributed by atoms with Crippen LogP contribution in [0.5, 0.6) is 17.2 Å². The van der Waals surface area contributed by atoms with E-state index in [1.165, 1.54) is 4.90 Å².